The van der Waals surface area contributed by atoms with E-state index in [4.69, 9.17) is 0 Å². The zero-order chi connectivity index (χ0) is 20.4. The van der Waals surface area contributed by atoms with Crippen LogP contribution in [-0.4, -0.2) is 25.0 Å². The van der Waals surface area contributed by atoms with Crippen LogP contribution in [0.4, 0.5) is 20.2 Å². The summed E-state index contributed by atoms with van der Waals surface area (Å²) in [6.07, 6.45) is 0.0485. The number of amides is 2. The number of alkyl halides is 2. The van der Waals surface area contributed by atoms with Crippen LogP contribution >= 0.6 is 0 Å². The fraction of sp³-hybridized carbons (Fsp3) is 0.182. The number of carbonyl (C=O) groups excluding carboxylic acids is 2. The second kappa shape index (κ2) is 7.87. The van der Waals surface area contributed by atoms with Gasteiger partial charge in [0.1, 0.15) is 5.75 Å². The van der Waals surface area contributed by atoms with Crippen molar-refractivity contribution in [3.63, 3.8) is 0 Å². The fourth-order valence-electron chi connectivity index (χ4n) is 3.56. The highest BCUT2D eigenvalue weighted by molar-refractivity contribution is 6.08. The molecule has 0 radical (unpaired) electrons. The highest BCUT2D eigenvalue weighted by Gasteiger charge is 2.36. The van der Waals surface area contributed by atoms with Crippen LogP contribution in [0.5, 0.6) is 5.75 Å². The van der Waals surface area contributed by atoms with Crippen LogP contribution in [0.25, 0.3) is 10.8 Å². The van der Waals surface area contributed by atoms with Crippen LogP contribution in [0.1, 0.15) is 6.42 Å². The maximum Gasteiger partial charge on any atom is 0.387 e. The Hall–Kier alpha value is -3.48. The summed E-state index contributed by atoms with van der Waals surface area (Å²) in [6.45, 7) is -2.78. The monoisotopic (exact) mass is 396 g/mol. The van der Waals surface area contributed by atoms with Gasteiger partial charge in [0.25, 0.3) is 0 Å². The molecular formula is C22H18F2N2O3. The van der Waals surface area contributed by atoms with Gasteiger partial charge in [0.05, 0.1) is 17.3 Å². The molecule has 0 aliphatic carbocycles. The van der Waals surface area contributed by atoms with Crippen LogP contribution in [0.15, 0.2) is 66.7 Å². The quantitative estimate of drug-likeness (QED) is 0.694. The first-order chi connectivity index (χ1) is 14.0. The van der Waals surface area contributed by atoms with Crippen molar-refractivity contribution < 1.29 is 23.1 Å². The number of hydrogen-bond acceptors (Lipinski definition) is 3. The van der Waals surface area contributed by atoms with Gasteiger partial charge in [-0.05, 0) is 23.6 Å². The molecule has 1 aliphatic heterocycles. The first-order valence-electron chi connectivity index (χ1n) is 9.16. The number of hydrogen-bond donors (Lipinski definition) is 1. The van der Waals surface area contributed by atoms with Crippen molar-refractivity contribution in [1.29, 1.82) is 0 Å². The van der Waals surface area contributed by atoms with Crippen LogP contribution in [0, 0.1) is 5.92 Å². The second-order valence-electron chi connectivity index (χ2n) is 6.77. The highest BCUT2D eigenvalue weighted by Crippen LogP contribution is 2.33. The summed E-state index contributed by atoms with van der Waals surface area (Å²) in [7, 11) is 0. The van der Waals surface area contributed by atoms with Crippen molar-refractivity contribution in [2.45, 2.75) is 13.0 Å². The molecule has 3 aromatic rings. The standard InChI is InChI=1S/C22H18F2N2O3/c23-22(24)29-19-11-4-3-9-17(19)25-21(28)15-12-20(27)26(13-15)18-10-5-7-14-6-1-2-8-16(14)18/h1-11,15,22H,12-13H2,(H,25,28). The van der Waals surface area contributed by atoms with Gasteiger partial charge in [-0.15, -0.1) is 0 Å². The number of benzene rings is 3. The summed E-state index contributed by atoms with van der Waals surface area (Å²) in [6, 6.07) is 19.4. The molecule has 148 valence electrons. The third-order valence-corrected chi connectivity index (χ3v) is 4.91. The Balaban J connectivity index is 1.53. The number of rotatable bonds is 5. The molecule has 5 nitrogen and oxygen atoms in total. The van der Waals surface area contributed by atoms with Crippen molar-refractivity contribution in [3.05, 3.63) is 66.7 Å². The van der Waals surface area contributed by atoms with Crippen molar-refractivity contribution >= 4 is 34.0 Å². The molecule has 0 spiro atoms. The van der Waals surface area contributed by atoms with Crippen LogP contribution in [0.3, 0.4) is 0 Å². The molecule has 1 unspecified atom stereocenters. The van der Waals surface area contributed by atoms with E-state index >= 15 is 0 Å². The van der Waals surface area contributed by atoms with E-state index in [0.717, 1.165) is 16.5 Å². The van der Waals surface area contributed by atoms with Crippen LogP contribution in [0.2, 0.25) is 0 Å². The Morgan fingerprint density at radius 2 is 1.76 bits per heavy atom. The fourth-order valence-corrected chi connectivity index (χ4v) is 3.56. The molecule has 4 rings (SSSR count). The van der Waals surface area contributed by atoms with Crippen molar-refractivity contribution in [2.24, 2.45) is 5.92 Å². The molecule has 7 heteroatoms. The first-order valence-corrected chi connectivity index (χ1v) is 9.16. The van der Waals surface area contributed by atoms with E-state index in [9.17, 15) is 18.4 Å². The average molecular weight is 396 g/mol. The summed E-state index contributed by atoms with van der Waals surface area (Å²) >= 11 is 0. The smallest absolute Gasteiger partial charge is 0.387 e. The number of nitrogens with zero attached hydrogens (tertiary/aromatic N) is 1. The van der Waals surface area contributed by atoms with Gasteiger partial charge < -0.3 is 15.0 Å². The molecule has 0 saturated carbocycles. The van der Waals surface area contributed by atoms with E-state index in [1.807, 2.05) is 42.5 Å². The molecule has 29 heavy (non-hydrogen) atoms. The van der Waals surface area contributed by atoms with Gasteiger partial charge in [-0.3, -0.25) is 9.59 Å². The average Bonchev–Trinajstić information content (AvgIpc) is 3.10. The molecule has 3 aromatic carbocycles. The second-order valence-corrected chi connectivity index (χ2v) is 6.77. The third-order valence-electron chi connectivity index (χ3n) is 4.91. The van der Waals surface area contributed by atoms with E-state index in [2.05, 4.69) is 10.1 Å². The number of halogens is 2. The molecule has 1 atom stereocenters. The Morgan fingerprint density at radius 3 is 2.59 bits per heavy atom. The summed E-state index contributed by atoms with van der Waals surface area (Å²) in [5.74, 6) is -1.28. The van der Waals surface area contributed by atoms with E-state index in [1.165, 1.54) is 18.2 Å². The molecule has 1 N–H and O–H groups in total. The molecular weight excluding hydrogens is 378 g/mol. The Bertz CT molecular complexity index is 1070. The van der Waals surface area contributed by atoms with Crippen molar-refractivity contribution in [1.82, 2.24) is 0 Å². The van der Waals surface area contributed by atoms with Gasteiger partial charge in [-0.1, -0.05) is 48.5 Å². The molecule has 1 aliphatic rings. The number of fused-ring (bicyclic) bond motifs is 1. The number of anilines is 2. The molecule has 2 amide bonds. The summed E-state index contributed by atoms with van der Waals surface area (Å²) in [5.41, 5.74) is 0.902. The Kier molecular flexibility index (Phi) is 5.12. The molecule has 0 bridgehead atoms. The van der Waals surface area contributed by atoms with E-state index < -0.39 is 18.4 Å². The topological polar surface area (TPSA) is 58.6 Å². The lowest BCUT2D eigenvalue weighted by Gasteiger charge is -2.19. The van der Waals surface area contributed by atoms with Crippen LogP contribution < -0.4 is 15.0 Å². The van der Waals surface area contributed by atoms with Crippen molar-refractivity contribution in [2.75, 3.05) is 16.8 Å². The van der Waals surface area contributed by atoms with Crippen molar-refractivity contribution in [3.8, 4) is 5.75 Å². The molecule has 1 fully saturated rings. The maximum atomic E-state index is 12.7. The normalized spacial score (nSPS) is 16.4. The van der Waals surface area contributed by atoms with E-state index in [-0.39, 0.29) is 30.3 Å². The number of carbonyl (C=O) groups is 2. The van der Waals surface area contributed by atoms with Crippen LogP contribution in [-0.2, 0) is 9.59 Å². The van der Waals surface area contributed by atoms with Gasteiger partial charge in [-0.2, -0.15) is 8.78 Å². The predicted octanol–water partition coefficient (Wildman–Crippen LogP) is 4.43. The first kappa shape index (κ1) is 18.9. The number of para-hydroxylation sites is 2. The largest absolute Gasteiger partial charge is 0.433 e. The lowest BCUT2D eigenvalue weighted by molar-refractivity contribution is -0.122. The van der Waals surface area contributed by atoms with Gasteiger partial charge in [-0.25, -0.2) is 0 Å². The molecule has 1 heterocycles. The zero-order valence-electron chi connectivity index (χ0n) is 15.3. The lowest BCUT2D eigenvalue weighted by atomic mass is 10.1. The maximum absolute atomic E-state index is 12.7. The Labute approximate surface area is 165 Å². The van der Waals surface area contributed by atoms with E-state index in [1.54, 1.807) is 11.0 Å². The molecule has 0 aromatic heterocycles. The molecule has 1 saturated heterocycles. The summed E-state index contributed by atoms with van der Waals surface area (Å²) in [5, 5.41) is 4.55. The third kappa shape index (κ3) is 3.89. The van der Waals surface area contributed by atoms with E-state index in [0.29, 0.717) is 0 Å². The SMILES string of the molecule is O=C(Nc1ccccc1OC(F)F)C1CC(=O)N(c2cccc3ccccc23)C1. The predicted molar refractivity (Wildman–Crippen MR) is 106 cm³/mol. The van der Waals surface area contributed by atoms with Gasteiger partial charge >= 0.3 is 6.61 Å². The van der Waals surface area contributed by atoms with Gasteiger partial charge in [0.15, 0.2) is 0 Å². The lowest BCUT2D eigenvalue weighted by Crippen LogP contribution is -2.28. The van der Waals surface area contributed by atoms with Gasteiger partial charge in [0.2, 0.25) is 11.8 Å². The Morgan fingerprint density at radius 1 is 1.03 bits per heavy atom. The number of ether oxygens (including phenoxy) is 1. The zero-order valence-corrected chi connectivity index (χ0v) is 15.3. The van der Waals surface area contributed by atoms with Gasteiger partial charge in [0, 0.05) is 18.4 Å². The summed E-state index contributed by atoms with van der Waals surface area (Å²) in [4.78, 5) is 26.9. The highest BCUT2D eigenvalue weighted by atomic mass is 19.3. The number of nitrogens with one attached hydrogen (secondary N) is 1. The summed E-state index contributed by atoms with van der Waals surface area (Å²) < 4.78 is 29.6. The minimum atomic E-state index is -3.00. The minimum absolute atomic E-state index is 0.0485. The minimum Gasteiger partial charge on any atom is -0.433 e.